The van der Waals surface area contributed by atoms with Crippen molar-refractivity contribution in [2.75, 3.05) is 19.7 Å². The minimum absolute atomic E-state index is 0.0287. The van der Waals surface area contributed by atoms with Gasteiger partial charge in [-0.2, -0.15) is 0 Å². The van der Waals surface area contributed by atoms with Crippen molar-refractivity contribution in [1.29, 1.82) is 0 Å². The summed E-state index contributed by atoms with van der Waals surface area (Å²) in [4.78, 5) is 38.5. The second-order valence-electron chi connectivity index (χ2n) is 8.14. The SMILES string of the molecule is CCCCCCCCCCOC(=O)CC1C(=O)NCCN1C(=S)NC(=O)c1ccccc1F. The first-order valence-corrected chi connectivity index (χ1v) is 12.1. The van der Waals surface area contributed by atoms with E-state index in [0.29, 0.717) is 19.7 Å². The van der Waals surface area contributed by atoms with Crippen molar-refractivity contribution in [3.05, 3.63) is 35.6 Å². The van der Waals surface area contributed by atoms with Gasteiger partial charge in [-0.3, -0.25) is 19.7 Å². The van der Waals surface area contributed by atoms with Crippen LogP contribution in [0.4, 0.5) is 4.39 Å². The summed E-state index contributed by atoms with van der Waals surface area (Å²) in [5.74, 6) is -2.24. The quantitative estimate of drug-likeness (QED) is 0.270. The van der Waals surface area contributed by atoms with E-state index < -0.39 is 23.7 Å². The highest BCUT2D eigenvalue weighted by Gasteiger charge is 2.34. The third-order valence-electron chi connectivity index (χ3n) is 5.55. The number of nitrogens with zero attached hydrogens (tertiary/aromatic N) is 1. The Morgan fingerprint density at radius 3 is 2.52 bits per heavy atom. The number of hydrogen-bond acceptors (Lipinski definition) is 5. The second-order valence-corrected chi connectivity index (χ2v) is 8.53. The lowest BCUT2D eigenvalue weighted by molar-refractivity contribution is -0.147. The van der Waals surface area contributed by atoms with Crippen molar-refractivity contribution in [3.8, 4) is 0 Å². The molecule has 2 amide bonds. The number of piperazine rings is 1. The van der Waals surface area contributed by atoms with Crippen molar-refractivity contribution in [2.24, 2.45) is 0 Å². The molecular formula is C24H34FN3O4S. The first-order valence-electron chi connectivity index (χ1n) is 11.7. The van der Waals surface area contributed by atoms with Crippen LogP contribution in [0.3, 0.4) is 0 Å². The van der Waals surface area contributed by atoms with E-state index >= 15 is 0 Å². The van der Waals surface area contributed by atoms with E-state index in [1.165, 1.54) is 55.2 Å². The first-order chi connectivity index (χ1) is 15.9. The van der Waals surface area contributed by atoms with Gasteiger partial charge in [-0.1, -0.05) is 64.0 Å². The highest BCUT2D eigenvalue weighted by Crippen LogP contribution is 2.13. The van der Waals surface area contributed by atoms with Gasteiger partial charge in [0.05, 0.1) is 18.6 Å². The van der Waals surface area contributed by atoms with Crippen LogP contribution in [-0.2, 0) is 14.3 Å². The molecule has 0 aromatic heterocycles. The number of rotatable bonds is 12. The molecule has 1 aliphatic rings. The van der Waals surface area contributed by atoms with E-state index in [2.05, 4.69) is 17.6 Å². The normalized spacial score (nSPS) is 15.6. The number of nitrogens with one attached hydrogen (secondary N) is 2. The van der Waals surface area contributed by atoms with Crippen LogP contribution in [0.1, 0.15) is 75.1 Å². The van der Waals surface area contributed by atoms with E-state index in [1.54, 1.807) is 6.07 Å². The molecule has 1 unspecified atom stereocenters. The smallest absolute Gasteiger partial charge is 0.308 e. The molecule has 9 heteroatoms. The third-order valence-corrected chi connectivity index (χ3v) is 5.89. The summed E-state index contributed by atoms with van der Waals surface area (Å²) in [6.45, 7) is 3.15. The predicted octanol–water partition coefficient (Wildman–Crippen LogP) is 3.71. The Balaban J connectivity index is 1.78. The van der Waals surface area contributed by atoms with Gasteiger partial charge in [-0.05, 0) is 30.8 Å². The lowest BCUT2D eigenvalue weighted by Crippen LogP contribution is -2.60. The fourth-order valence-electron chi connectivity index (χ4n) is 3.68. The molecular weight excluding hydrogens is 445 g/mol. The number of ether oxygens (including phenoxy) is 1. The van der Waals surface area contributed by atoms with Gasteiger partial charge in [0, 0.05) is 13.1 Å². The molecule has 1 atom stereocenters. The number of benzene rings is 1. The van der Waals surface area contributed by atoms with E-state index in [0.717, 1.165) is 19.3 Å². The molecule has 0 aliphatic carbocycles. The molecule has 1 aromatic carbocycles. The number of hydrogen-bond donors (Lipinski definition) is 2. The third kappa shape index (κ3) is 9.07. The van der Waals surface area contributed by atoms with Gasteiger partial charge in [0.1, 0.15) is 11.9 Å². The maximum absolute atomic E-state index is 13.9. The first kappa shape index (κ1) is 26.7. The standard InChI is InChI=1S/C24H34FN3O4S/c1-2-3-4-5-6-7-8-11-16-32-21(29)17-20-23(31)26-14-15-28(20)24(33)27-22(30)18-12-9-10-13-19(18)25/h9-10,12-13,20H,2-8,11,14-17H2,1H3,(H,26,31)(H,27,30,33). The molecule has 1 heterocycles. The van der Waals surface area contributed by atoms with Gasteiger partial charge in [0.15, 0.2) is 5.11 Å². The molecule has 182 valence electrons. The summed E-state index contributed by atoms with van der Waals surface area (Å²) in [6.07, 6.45) is 8.95. The van der Waals surface area contributed by atoms with Gasteiger partial charge in [-0.15, -0.1) is 0 Å². The van der Waals surface area contributed by atoms with Gasteiger partial charge in [0.2, 0.25) is 5.91 Å². The fourth-order valence-corrected chi connectivity index (χ4v) is 3.99. The minimum Gasteiger partial charge on any atom is -0.466 e. The topological polar surface area (TPSA) is 87.7 Å². The average molecular weight is 480 g/mol. The molecule has 33 heavy (non-hydrogen) atoms. The van der Waals surface area contributed by atoms with Crippen LogP contribution in [0.2, 0.25) is 0 Å². The molecule has 1 aromatic rings. The molecule has 1 saturated heterocycles. The Hall–Kier alpha value is -2.55. The summed E-state index contributed by atoms with van der Waals surface area (Å²) in [5.41, 5.74) is -0.150. The molecule has 1 fully saturated rings. The van der Waals surface area contributed by atoms with Crippen LogP contribution in [0.15, 0.2) is 24.3 Å². The molecule has 7 nitrogen and oxygen atoms in total. The fraction of sp³-hybridized carbons (Fsp3) is 0.583. The van der Waals surface area contributed by atoms with Crippen LogP contribution in [0.5, 0.6) is 0 Å². The zero-order valence-electron chi connectivity index (χ0n) is 19.2. The number of esters is 1. The zero-order chi connectivity index (χ0) is 24.1. The number of unbranched alkanes of at least 4 members (excludes halogenated alkanes) is 7. The van der Waals surface area contributed by atoms with Gasteiger partial charge in [-0.25, -0.2) is 4.39 Å². The van der Waals surface area contributed by atoms with E-state index in [9.17, 15) is 18.8 Å². The van der Waals surface area contributed by atoms with Crippen molar-refractivity contribution < 1.29 is 23.5 Å². The number of halogens is 1. The predicted molar refractivity (Wildman–Crippen MR) is 128 cm³/mol. The second kappa shape index (κ2) is 14.6. The Morgan fingerprint density at radius 1 is 1.15 bits per heavy atom. The molecule has 2 rings (SSSR count). The van der Waals surface area contributed by atoms with Crippen molar-refractivity contribution in [3.63, 3.8) is 0 Å². The van der Waals surface area contributed by atoms with Crippen LogP contribution in [-0.4, -0.2) is 53.5 Å². The lowest BCUT2D eigenvalue weighted by atomic mass is 10.1. The highest BCUT2D eigenvalue weighted by molar-refractivity contribution is 7.80. The lowest BCUT2D eigenvalue weighted by Gasteiger charge is -2.36. The maximum atomic E-state index is 13.9. The Bertz CT molecular complexity index is 821. The summed E-state index contributed by atoms with van der Waals surface area (Å²) in [7, 11) is 0. The van der Waals surface area contributed by atoms with Crippen LogP contribution in [0.25, 0.3) is 0 Å². The molecule has 0 saturated carbocycles. The van der Waals surface area contributed by atoms with Crippen LogP contribution >= 0.6 is 12.2 Å². The van der Waals surface area contributed by atoms with E-state index in [-0.39, 0.29) is 23.0 Å². The van der Waals surface area contributed by atoms with Crippen molar-refractivity contribution in [1.82, 2.24) is 15.5 Å². The molecule has 2 N–H and O–H groups in total. The molecule has 1 aliphatic heterocycles. The number of carbonyl (C=O) groups is 3. The van der Waals surface area contributed by atoms with Gasteiger partial charge >= 0.3 is 5.97 Å². The largest absolute Gasteiger partial charge is 0.466 e. The summed E-state index contributed by atoms with van der Waals surface area (Å²) < 4.78 is 19.2. The van der Waals surface area contributed by atoms with Crippen LogP contribution in [0, 0.1) is 5.82 Å². The monoisotopic (exact) mass is 479 g/mol. The molecule has 0 radical (unpaired) electrons. The summed E-state index contributed by atoms with van der Waals surface area (Å²) >= 11 is 5.29. The van der Waals surface area contributed by atoms with E-state index in [1.807, 2.05) is 0 Å². The number of amides is 2. The summed E-state index contributed by atoms with van der Waals surface area (Å²) in [5, 5.41) is 5.13. The average Bonchev–Trinajstić information content (AvgIpc) is 2.79. The van der Waals surface area contributed by atoms with Gasteiger partial charge < -0.3 is 15.0 Å². The maximum Gasteiger partial charge on any atom is 0.308 e. The highest BCUT2D eigenvalue weighted by atomic mass is 32.1. The van der Waals surface area contributed by atoms with Gasteiger partial charge in [0.25, 0.3) is 5.91 Å². The van der Waals surface area contributed by atoms with Crippen LogP contribution < -0.4 is 10.6 Å². The Morgan fingerprint density at radius 2 is 1.82 bits per heavy atom. The van der Waals surface area contributed by atoms with Crippen molar-refractivity contribution >= 4 is 35.1 Å². The summed E-state index contributed by atoms with van der Waals surface area (Å²) in [6, 6.07) is 4.65. The van der Waals surface area contributed by atoms with E-state index in [4.69, 9.17) is 17.0 Å². The number of thiocarbonyl (C=S) groups is 1. The Labute approximate surface area is 200 Å². The minimum atomic E-state index is -0.891. The number of carbonyl (C=O) groups excluding carboxylic acids is 3. The zero-order valence-corrected chi connectivity index (χ0v) is 20.1. The Kier molecular flexibility index (Phi) is 11.8. The molecule has 0 spiro atoms. The van der Waals surface area contributed by atoms with Crippen molar-refractivity contribution in [2.45, 2.75) is 70.8 Å². The molecule has 0 bridgehead atoms.